The minimum absolute atomic E-state index is 0.00328. The van der Waals surface area contributed by atoms with Crippen molar-refractivity contribution >= 4 is 5.69 Å². The van der Waals surface area contributed by atoms with Gasteiger partial charge in [0.25, 0.3) is 5.69 Å². The first-order chi connectivity index (χ1) is 8.72. The zero-order valence-corrected chi connectivity index (χ0v) is 9.39. The lowest BCUT2D eigenvalue weighted by Gasteiger charge is -2.09. The Kier molecular flexibility index (Phi) is 3.43. The Balaban J connectivity index is 2.34. The van der Waals surface area contributed by atoms with Crippen molar-refractivity contribution < 1.29 is 4.92 Å². The molecular formula is C13H10N2O3. The van der Waals surface area contributed by atoms with Crippen molar-refractivity contribution in [2.75, 3.05) is 0 Å². The molecule has 2 aromatic rings. The summed E-state index contributed by atoms with van der Waals surface area (Å²) >= 11 is 0. The second kappa shape index (κ2) is 5.18. The van der Waals surface area contributed by atoms with Gasteiger partial charge in [-0.15, -0.1) is 4.91 Å². The van der Waals surface area contributed by atoms with Crippen LogP contribution >= 0.6 is 0 Å². The maximum Gasteiger partial charge on any atom is 0.269 e. The maximum atomic E-state index is 10.9. The van der Waals surface area contributed by atoms with Gasteiger partial charge in [0, 0.05) is 12.1 Å². The average molecular weight is 242 g/mol. The molecule has 1 unspecified atom stereocenters. The van der Waals surface area contributed by atoms with Gasteiger partial charge in [-0.1, -0.05) is 35.5 Å². The van der Waals surface area contributed by atoms with Crippen LogP contribution in [0.15, 0.2) is 59.8 Å². The maximum absolute atomic E-state index is 10.9. The van der Waals surface area contributed by atoms with E-state index in [-0.39, 0.29) is 5.69 Å². The van der Waals surface area contributed by atoms with Crippen LogP contribution in [0.1, 0.15) is 17.2 Å². The number of nitrogens with zero attached hydrogens (tertiary/aromatic N) is 2. The van der Waals surface area contributed by atoms with E-state index in [1.165, 1.54) is 12.1 Å². The van der Waals surface area contributed by atoms with Crippen molar-refractivity contribution in [2.24, 2.45) is 5.18 Å². The third-order valence-electron chi connectivity index (χ3n) is 2.64. The smallest absolute Gasteiger partial charge is 0.258 e. The highest BCUT2D eigenvalue weighted by Crippen LogP contribution is 2.26. The van der Waals surface area contributed by atoms with Crippen molar-refractivity contribution in [3.8, 4) is 0 Å². The molecule has 2 rings (SSSR count). The summed E-state index contributed by atoms with van der Waals surface area (Å²) < 4.78 is 0. The predicted octanol–water partition coefficient (Wildman–Crippen LogP) is 3.45. The Morgan fingerprint density at radius 1 is 0.944 bits per heavy atom. The molecule has 0 spiro atoms. The molecule has 0 heterocycles. The number of non-ortho nitro benzene ring substituents is 1. The van der Waals surface area contributed by atoms with E-state index in [1.54, 1.807) is 24.3 Å². The zero-order chi connectivity index (χ0) is 13.0. The second-order valence-electron chi connectivity index (χ2n) is 3.77. The summed E-state index contributed by atoms with van der Waals surface area (Å²) in [5.41, 5.74) is 1.40. The Hall–Kier alpha value is -2.56. The van der Waals surface area contributed by atoms with E-state index in [0.717, 1.165) is 5.56 Å². The van der Waals surface area contributed by atoms with Crippen LogP contribution in [0.5, 0.6) is 0 Å². The monoisotopic (exact) mass is 242 g/mol. The summed E-state index contributed by atoms with van der Waals surface area (Å²) in [6.07, 6.45) is 0. The molecular weight excluding hydrogens is 232 g/mol. The van der Waals surface area contributed by atoms with Gasteiger partial charge in [0.2, 0.25) is 0 Å². The summed E-state index contributed by atoms with van der Waals surface area (Å²) in [6, 6.07) is 14.3. The van der Waals surface area contributed by atoms with Crippen LogP contribution < -0.4 is 0 Å². The van der Waals surface area contributed by atoms with Crippen molar-refractivity contribution in [1.82, 2.24) is 0 Å². The molecule has 1 atom stereocenters. The number of nitro groups is 1. The van der Waals surface area contributed by atoms with Crippen LogP contribution in [-0.4, -0.2) is 4.92 Å². The Bertz CT molecular complexity index is 552. The lowest BCUT2D eigenvalue weighted by molar-refractivity contribution is -0.384. The number of benzene rings is 2. The molecule has 2 aromatic carbocycles. The number of nitroso groups, excluding NO2 is 1. The van der Waals surface area contributed by atoms with Gasteiger partial charge in [-0.05, 0) is 23.3 Å². The first-order valence-corrected chi connectivity index (χ1v) is 5.34. The van der Waals surface area contributed by atoms with Crippen molar-refractivity contribution in [3.63, 3.8) is 0 Å². The predicted molar refractivity (Wildman–Crippen MR) is 67.2 cm³/mol. The van der Waals surface area contributed by atoms with E-state index in [2.05, 4.69) is 5.18 Å². The van der Waals surface area contributed by atoms with Gasteiger partial charge in [-0.25, -0.2) is 0 Å². The summed E-state index contributed by atoms with van der Waals surface area (Å²) in [6.45, 7) is 0. The standard InChI is InChI=1S/C13H10N2O3/c16-14-13(10-4-2-1-3-5-10)11-6-8-12(9-7-11)15(17)18/h1-9,13H. The van der Waals surface area contributed by atoms with Gasteiger partial charge in [0.05, 0.1) is 4.92 Å². The minimum Gasteiger partial charge on any atom is -0.258 e. The molecule has 90 valence electrons. The lowest BCUT2D eigenvalue weighted by Crippen LogP contribution is -1.97. The highest BCUT2D eigenvalue weighted by Gasteiger charge is 2.15. The van der Waals surface area contributed by atoms with E-state index < -0.39 is 11.0 Å². The fraction of sp³-hybridized carbons (Fsp3) is 0.0769. The Morgan fingerprint density at radius 2 is 1.50 bits per heavy atom. The van der Waals surface area contributed by atoms with Crippen molar-refractivity contribution in [2.45, 2.75) is 6.04 Å². The summed E-state index contributed by atoms with van der Waals surface area (Å²) in [4.78, 5) is 21.0. The summed E-state index contributed by atoms with van der Waals surface area (Å²) in [5, 5.41) is 13.6. The average Bonchev–Trinajstić information content (AvgIpc) is 2.41. The topological polar surface area (TPSA) is 72.6 Å². The van der Waals surface area contributed by atoms with Crippen molar-refractivity contribution in [3.05, 3.63) is 80.7 Å². The molecule has 0 fully saturated rings. The highest BCUT2D eigenvalue weighted by molar-refractivity contribution is 5.38. The van der Waals surface area contributed by atoms with E-state index in [1.807, 2.05) is 18.2 Å². The van der Waals surface area contributed by atoms with E-state index in [9.17, 15) is 15.0 Å². The van der Waals surface area contributed by atoms with Crippen LogP contribution in [0.3, 0.4) is 0 Å². The number of hydrogen-bond donors (Lipinski definition) is 0. The van der Waals surface area contributed by atoms with Crippen LogP contribution in [0.25, 0.3) is 0 Å². The molecule has 0 N–H and O–H groups in total. The summed E-state index contributed by atoms with van der Waals surface area (Å²) in [5.74, 6) is 0. The molecule has 5 heteroatoms. The van der Waals surface area contributed by atoms with Gasteiger partial charge in [0.1, 0.15) is 6.04 Å². The Morgan fingerprint density at radius 3 is 2.00 bits per heavy atom. The number of nitro benzene ring substituents is 1. The molecule has 0 aliphatic carbocycles. The molecule has 5 nitrogen and oxygen atoms in total. The minimum atomic E-state index is -0.632. The summed E-state index contributed by atoms with van der Waals surface area (Å²) in [7, 11) is 0. The lowest BCUT2D eigenvalue weighted by atomic mass is 9.99. The highest BCUT2D eigenvalue weighted by atomic mass is 16.6. The third-order valence-corrected chi connectivity index (χ3v) is 2.64. The quantitative estimate of drug-likeness (QED) is 0.468. The number of rotatable bonds is 4. The van der Waals surface area contributed by atoms with Crippen LogP contribution in [-0.2, 0) is 0 Å². The first-order valence-electron chi connectivity index (χ1n) is 5.34. The molecule has 0 radical (unpaired) electrons. The normalized spacial score (nSPS) is 11.8. The van der Waals surface area contributed by atoms with Gasteiger partial charge in [0.15, 0.2) is 0 Å². The van der Waals surface area contributed by atoms with Crippen LogP contribution in [0.4, 0.5) is 5.69 Å². The second-order valence-corrected chi connectivity index (χ2v) is 3.77. The Labute approximate surface area is 103 Å². The van der Waals surface area contributed by atoms with Crippen molar-refractivity contribution in [1.29, 1.82) is 0 Å². The van der Waals surface area contributed by atoms with E-state index >= 15 is 0 Å². The molecule has 0 amide bonds. The molecule has 0 saturated carbocycles. The van der Waals surface area contributed by atoms with Gasteiger partial charge >= 0.3 is 0 Å². The van der Waals surface area contributed by atoms with Crippen LogP contribution in [0.2, 0.25) is 0 Å². The molecule has 0 bridgehead atoms. The first kappa shape index (κ1) is 11.9. The van der Waals surface area contributed by atoms with Gasteiger partial charge < -0.3 is 0 Å². The fourth-order valence-electron chi connectivity index (χ4n) is 1.73. The fourth-order valence-corrected chi connectivity index (χ4v) is 1.73. The molecule has 0 aliphatic rings. The molecule has 0 aliphatic heterocycles. The van der Waals surface area contributed by atoms with Gasteiger partial charge in [-0.2, -0.15) is 0 Å². The van der Waals surface area contributed by atoms with E-state index in [0.29, 0.717) is 5.56 Å². The number of hydrogen-bond acceptors (Lipinski definition) is 4. The largest absolute Gasteiger partial charge is 0.269 e. The molecule has 0 saturated heterocycles. The SMILES string of the molecule is O=NC(c1ccccc1)c1ccc([N+](=O)[O-])cc1. The van der Waals surface area contributed by atoms with Crippen LogP contribution in [0, 0.1) is 15.0 Å². The molecule has 18 heavy (non-hydrogen) atoms. The van der Waals surface area contributed by atoms with Gasteiger partial charge in [-0.3, -0.25) is 10.1 Å². The zero-order valence-electron chi connectivity index (χ0n) is 9.39. The van der Waals surface area contributed by atoms with E-state index in [4.69, 9.17) is 0 Å². The molecule has 0 aromatic heterocycles. The third kappa shape index (κ3) is 2.40.